The molecule has 82 valence electrons. The van der Waals surface area contributed by atoms with Gasteiger partial charge in [0.05, 0.1) is 0 Å². The lowest BCUT2D eigenvalue weighted by molar-refractivity contribution is 0.816. The molecule has 1 aromatic carbocycles. The molecule has 2 nitrogen and oxygen atoms in total. The molecular formula is C13H13BrN2. The summed E-state index contributed by atoms with van der Waals surface area (Å²) in [6.45, 7) is 4.26. The van der Waals surface area contributed by atoms with Gasteiger partial charge in [-0.05, 0) is 24.1 Å². The van der Waals surface area contributed by atoms with E-state index in [4.69, 9.17) is 0 Å². The largest absolute Gasteiger partial charge is 0.237 e. The second kappa shape index (κ2) is 4.74. The smallest absolute Gasteiger partial charge is 0.159 e. The average molecular weight is 277 g/mol. The first-order chi connectivity index (χ1) is 7.66. The maximum absolute atomic E-state index is 4.55. The van der Waals surface area contributed by atoms with Crippen LogP contribution >= 0.6 is 15.9 Å². The van der Waals surface area contributed by atoms with Crippen molar-refractivity contribution in [1.82, 2.24) is 9.97 Å². The maximum atomic E-state index is 4.55. The van der Waals surface area contributed by atoms with Crippen molar-refractivity contribution < 1.29 is 0 Å². The molecule has 0 aliphatic heterocycles. The minimum absolute atomic E-state index is 0.425. The zero-order chi connectivity index (χ0) is 11.5. The van der Waals surface area contributed by atoms with Gasteiger partial charge in [-0.2, -0.15) is 0 Å². The molecule has 1 heterocycles. The van der Waals surface area contributed by atoms with Gasteiger partial charge >= 0.3 is 0 Å². The Morgan fingerprint density at radius 3 is 2.69 bits per heavy atom. The summed E-state index contributed by atoms with van der Waals surface area (Å²) in [6, 6.07) is 10.00. The van der Waals surface area contributed by atoms with E-state index in [1.165, 1.54) is 0 Å². The summed E-state index contributed by atoms with van der Waals surface area (Å²) in [5, 5.41) is 0. The molecule has 0 saturated heterocycles. The van der Waals surface area contributed by atoms with Gasteiger partial charge in [0.2, 0.25) is 0 Å². The third-order valence-corrected chi connectivity index (χ3v) is 2.84. The van der Waals surface area contributed by atoms with Crippen molar-refractivity contribution in [2.24, 2.45) is 0 Å². The molecule has 0 spiro atoms. The van der Waals surface area contributed by atoms with Crippen molar-refractivity contribution in [2.75, 3.05) is 0 Å². The highest BCUT2D eigenvalue weighted by Gasteiger charge is 2.05. The first-order valence-corrected chi connectivity index (χ1v) is 6.05. The summed E-state index contributed by atoms with van der Waals surface area (Å²) in [7, 11) is 0. The molecule has 0 saturated carbocycles. The van der Waals surface area contributed by atoms with Crippen LogP contribution in [-0.2, 0) is 0 Å². The molecule has 0 fully saturated rings. The number of hydrogen-bond acceptors (Lipinski definition) is 2. The first-order valence-electron chi connectivity index (χ1n) is 5.25. The summed E-state index contributed by atoms with van der Waals surface area (Å²) in [4.78, 5) is 8.85. The van der Waals surface area contributed by atoms with Gasteiger partial charge in [-0.25, -0.2) is 9.97 Å². The lowest BCUT2D eigenvalue weighted by Gasteiger charge is -2.06. The molecule has 0 atom stereocenters. The highest BCUT2D eigenvalue weighted by atomic mass is 79.9. The van der Waals surface area contributed by atoms with E-state index in [1.807, 2.05) is 36.5 Å². The number of benzene rings is 1. The van der Waals surface area contributed by atoms with Crippen LogP contribution in [-0.4, -0.2) is 9.97 Å². The summed E-state index contributed by atoms with van der Waals surface area (Å²) < 4.78 is 1.04. The lowest BCUT2D eigenvalue weighted by Crippen LogP contribution is -1.96. The third-order valence-electron chi connectivity index (χ3n) is 2.35. The van der Waals surface area contributed by atoms with Crippen molar-refractivity contribution >= 4 is 15.9 Å². The minimum Gasteiger partial charge on any atom is -0.237 e. The summed E-state index contributed by atoms with van der Waals surface area (Å²) >= 11 is 3.45. The predicted octanol–water partition coefficient (Wildman–Crippen LogP) is 4.03. The van der Waals surface area contributed by atoms with Crippen molar-refractivity contribution in [3.63, 3.8) is 0 Å². The zero-order valence-electron chi connectivity index (χ0n) is 9.31. The molecular weight excluding hydrogens is 264 g/mol. The summed E-state index contributed by atoms with van der Waals surface area (Å²) in [6.07, 6.45) is 1.82. The van der Waals surface area contributed by atoms with Gasteiger partial charge in [-0.3, -0.25) is 0 Å². The van der Waals surface area contributed by atoms with Crippen LogP contribution in [0.3, 0.4) is 0 Å². The van der Waals surface area contributed by atoms with Crippen LogP contribution in [0.1, 0.15) is 25.5 Å². The number of aromatic nitrogens is 2. The zero-order valence-corrected chi connectivity index (χ0v) is 10.9. The van der Waals surface area contributed by atoms with Gasteiger partial charge in [-0.15, -0.1) is 0 Å². The molecule has 2 aromatic rings. The fourth-order valence-corrected chi connectivity index (χ4v) is 1.86. The molecule has 1 aromatic heterocycles. The van der Waals surface area contributed by atoms with Gasteiger partial charge in [0, 0.05) is 21.9 Å². The molecule has 3 heteroatoms. The van der Waals surface area contributed by atoms with Gasteiger partial charge in [0.25, 0.3) is 0 Å². The third kappa shape index (κ3) is 2.47. The Balaban J connectivity index is 2.44. The van der Waals surface area contributed by atoms with E-state index < -0.39 is 0 Å². The van der Waals surface area contributed by atoms with E-state index in [-0.39, 0.29) is 0 Å². The topological polar surface area (TPSA) is 25.8 Å². The van der Waals surface area contributed by atoms with Crippen LogP contribution in [0, 0.1) is 0 Å². The fraction of sp³-hybridized carbons (Fsp3) is 0.231. The van der Waals surface area contributed by atoms with Crippen molar-refractivity contribution in [3.05, 3.63) is 46.7 Å². The SMILES string of the molecule is CC(C)c1ccnc(-c2cccc(Br)c2)n1. The van der Waals surface area contributed by atoms with Gasteiger partial charge < -0.3 is 0 Å². The van der Waals surface area contributed by atoms with Crippen LogP contribution in [0.5, 0.6) is 0 Å². The van der Waals surface area contributed by atoms with Crippen LogP contribution in [0.15, 0.2) is 41.0 Å². The maximum Gasteiger partial charge on any atom is 0.159 e. The average Bonchev–Trinajstić information content (AvgIpc) is 2.29. The Bertz CT molecular complexity index is 495. The quantitative estimate of drug-likeness (QED) is 0.828. The fourth-order valence-electron chi connectivity index (χ4n) is 1.46. The standard InChI is InChI=1S/C13H13BrN2/c1-9(2)12-6-7-15-13(16-12)10-4-3-5-11(14)8-10/h3-9H,1-2H3. The van der Waals surface area contributed by atoms with E-state index >= 15 is 0 Å². The van der Waals surface area contributed by atoms with Gasteiger partial charge in [-0.1, -0.05) is 41.9 Å². The Morgan fingerprint density at radius 2 is 2.00 bits per heavy atom. The van der Waals surface area contributed by atoms with E-state index in [2.05, 4.69) is 39.7 Å². The monoisotopic (exact) mass is 276 g/mol. The lowest BCUT2D eigenvalue weighted by atomic mass is 10.1. The molecule has 0 amide bonds. The highest BCUT2D eigenvalue weighted by Crippen LogP contribution is 2.21. The van der Waals surface area contributed by atoms with Crippen molar-refractivity contribution in [3.8, 4) is 11.4 Å². The summed E-state index contributed by atoms with van der Waals surface area (Å²) in [5.41, 5.74) is 2.11. The molecule has 0 unspecified atom stereocenters. The molecule has 0 aliphatic carbocycles. The molecule has 2 rings (SSSR count). The van der Waals surface area contributed by atoms with E-state index in [0.717, 1.165) is 21.6 Å². The molecule has 0 aliphatic rings. The highest BCUT2D eigenvalue weighted by molar-refractivity contribution is 9.10. The Hall–Kier alpha value is -1.22. The van der Waals surface area contributed by atoms with Crippen LogP contribution in [0.4, 0.5) is 0 Å². The minimum atomic E-state index is 0.425. The van der Waals surface area contributed by atoms with Crippen molar-refractivity contribution in [1.29, 1.82) is 0 Å². The van der Waals surface area contributed by atoms with Gasteiger partial charge in [0.1, 0.15) is 0 Å². The van der Waals surface area contributed by atoms with Crippen molar-refractivity contribution in [2.45, 2.75) is 19.8 Å². The number of halogens is 1. The number of hydrogen-bond donors (Lipinski definition) is 0. The Morgan fingerprint density at radius 1 is 1.19 bits per heavy atom. The first kappa shape index (κ1) is 11.3. The summed E-state index contributed by atoms with van der Waals surface area (Å²) in [5.74, 6) is 1.21. The molecule has 0 N–H and O–H groups in total. The second-order valence-corrected chi connectivity index (χ2v) is 4.89. The van der Waals surface area contributed by atoms with E-state index in [1.54, 1.807) is 0 Å². The number of nitrogens with zero attached hydrogens (tertiary/aromatic N) is 2. The number of rotatable bonds is 2. The Labute approximate surface area is 104 Å². The second-order valence-electron chi connectivity index (χ2n) is 3.97. The van der Waals surface area contributed by atoms with Gasteiger partial charge in [0.15, 0.2) is 5.82 Å². The normalized spacial score (nSPS) is 10.8. The van der Waals surface area contributed by atoms with E-state index in [9.17, 15) is 0 Å². The van der Waals surface area contributed by atoms with Crippen LogP contribution in [0.25, 0.3) is 11.4 Å². The molecule has 16 heavy (non-hydrogen) atoms. The van der Waals surface area contributed by atoms with E-state index in [0.29, 0.717) is 5.92 Å². The van der Waals surface area contributed by atoms with Crippen LogP contribution < -0.4 is 0 Å². The Kier molecular flexibility index (Phi) is 3.34. The molecule has 0 radical (unpaired) electrons. The van der Waals surface area contributed by atoms with Crippen LogP contribution in [0.2, 0.25) is 0 Å². The predicted molar refractivity (Wildman–Crippen MR) is 69.3 cm³/mol. The molecule has 0 bridgehead atoms.